The Hall–Kier alpha value is -1.06. The van der Waals surface area contributed by atoms with Crippen LogP contribution in [0.2, 0.25) is 0 Å². The van der Waals surface area contributed by atoms with Crippen LogP contribution in [0.1, 0.15) is 66.7 Å². The second-order valence-corrected chi connectivity index (χ2v) is 8.70. The Morgan fingerprint density at radius 3 is 2.59 bits per heavy atom. The summed E-state index contributed by atoms with van der Waals surface area (Å²) in [7, 11) is 0. The first-order valence-electron chi connectivity index (χ1n) is 8.72. The van der Waals surface area contributed by atoms with E-state index in [0.29, 0.717) is 18.1 Å². The highest BCUT2D eigenvalue weighted by molar-refractivity contribution is 5.88. The minimum absolute atomic E-state index is 0.0144. The van der Waals surface area contributed by atoms with E-state index < -0.39 is 5.60 Å². The van der Waals surface area contributed by atoms with Gasteiger partial charge in [0, 0.05) is 18.4 Å². The van der Waals surface area contributed by atoms with E-state index in [1.165, 1.54) is 0 Å². The highest BCUT2D eigenvalue weighted by Gasteiger charge is 2.68. The van der Waals surface area contributed by atoms with Crippen LogP contribution in [0.25, 0.3) is 0 Å². The molecule has 3 aliphatic rings. The minimum Gasteiger partial charge on any atom is -0.444 e. The SMILES string of the molecule is CC(C)[C@H]1CC(=O)[C@@H]2CC3CCC[C@]32N1C(=O)OC(C)(C)C. The van der Waals surface area contributed by atoms with Gasteiger partial charge in [0.15, 0.2) is 0 Å². The van der Waals surface area contributed by atoms with Gasteiger partial charge in [-0.1, -0.05) is 20.3 Å². The largest absolute Gasteiger partial charge is 0.444 e. The molecular formula is C18H29NO3. The zero-order chi connectivity index (χ0) is 16.3. The first-order valence-corrected chi connectivity index (χ1v) is 8.72. The minimum atomic E-state index is -0.496. The monoisotopic (exact) mass is 307 g/mol. The van der Waals surface area contributed by atoms with Gasteiger partial charge in [0.05, 0.1) is 5.54 Å². The van der Waals surface area contributed by atoms with Gasteiger partial charge in [0.2, 0.25) is 0 Å². The second kappa shape index (κ2) is 4.97. The predicted octanol–water partition coefficient (Wildman–Crippen LogP) is 3.78. The van der Waals surface area contributed by atoms with Crippen LogP contribution >= 0.6 is 0 Å². The molecular weight excluding hydrogens is 278 g/mol. The van der Waals surface area contributed by atoms with Crippen molar-refractivity contribution in [3.8, 4) is 0 Å². The topological polar surface area (TPSA) is 46.6 Å². The lowest BCUT2D eigenvalue weighted by molar-refractivity contribution is -0.165. The van der Waals surface area contributed by atoms with E-state index in [9.17, 15) is 9.59 Å². The van der Waals surface area contributed by atoms with Crippen LogP contribution in [0.5, 0.6) is 0 Å². The molecule has 4 atom stereocenters. The van der Waals surface area contributed by atoms with Crippen LogP contribution in [0.3, 0.4) is 0 Å². The Labute approximate surface area is 133 Å². The lowest BCUT2D eigenvalue weighted by atomic mass is 9.54. The highest BCUT2D eigenvalue weighted by Crippen LogP contribution is 2.61. The molecule has 3 rings (SSSR count). The van der Waals surface area contributed by atoms with Crippen LogP contribution in [-0.4, -0.2) is 34.0 Å². The summed E-state index contributed by atoms with van der Waals surface area (Å²) >= 11 is 0. The van der Waals surface area contributed by atoms with Gasteiger partial charge in [-0.2, -0.15) is 0 Å². The molecule has 0 bridgehead atoms. The molecule has 1 unspecified atom stereocenters. The number of hydrogen-bond acceptors (Lipinski definition) is 3. The Morgan fingerprint density at radius 2 is 2.05 bits per heavy atom. The van der Waals surface area contributed by atoms with Crippen molar-refractivity contribution in [2.45, 2.75) is 83.9 Å². The van der Waals surface area contributed by atoms with Gasteiger partial charge in [-0.15, -0.1) is 0 Å². The number of rotatable bonds is 1. The fraction of sp³-hybridized carbons (Fsp3) is 0.889. The Bertz CT molecular complexity index is 493. The molecule has 124 valence electrons. The third-order valence-electron chi connectivity index (χ3n) is 5.90. The number of hydrogen-bond donors (Lipinski definition) is 0. The molecule has 0 aromatic rings. The van der Waals surface area contributed by atoms with Crippen LogP contribution in [-0.2, 0) is 9.53 Å². The molecule has 3 fully saturated rings. The lowest BCUT2D eigenvalue weighted by Crippen LogP contribution is -2.74. The fourth-order valence-electron chi connectivity index (χ4n) is 4.99. The zero-order valence-electron chi connectivity index (χ0n) is 14.5. The van der Waals surface area contributed by atoms with Crippen molar-refractivity contribution in [1.82, 2.24) is 4.90 Å². The molecule has 0 aromatic heterocycles. The Balaban J connectivity index is 1.97. The second-order valence-electron chi connectivity index (χ2n) is 8.70. The molecule has 1 amide bonds. The van der Waals surface area contributed by atoms with Crippen LogP contribution in [0, 0.1) is 17.8 Å². The summed E-state index contributed by atoms with van der Waals surface area (Å²) in [5, 5.41) is 0. The van der Waals surface area contributed by atoms with Gasteiger partial charge >= 0.3 is 6.09 Å². The summed E-state index contributed by atoms with van der Waals surface area (Å²) in [5.74, 6) is 1.20. The summed E-state index contributed by atoms with van der Waals surface area (Å²) in [6.07, 6.45) is 4.50. The average Bonchev–Trinajstić information content (AvgIpc) is 2.63. The maximum Gasteiger partial charge on any atom is 0.411 e. The maximum absolute atomic E-state index is 13.0. The number of ether oxygens (including phenoxy) is 1. The molecule has 1 saturated heterocycles. The molecule has 0 aromatic carbocycles. The number of Topliss-reactive ketones (excluding diaryl/α,β-unsaturated/α-hetero) is 1. The quantitative estimate of drug-likeness (QED) is 0.740. The van der Waals surface area contributed by atoms with Gasteiger partial charge in [-0.05, 0) is 51.9 Å². The fourth-order valence-corrected chi connectivity index (χ4v) is 4.99. The van der Waals surface area contributed by atoms with E-state index >= 15 is 0 Å². The van der Waals surface area contributed by atoms with E-state index in [4.69, 9.17) is 4.74 Å². The summed E-state index contributed by atoms with van der Waals surface area (Å²) in [4.78, 5) is 27.5. The predicted molar refractivity (Wildman–Crippen MR) is 84.5 cm³/mol. The van der Waals surface area contributed by atoms with E-state index in [1.54, 1.807) is 0 Å². The molecule has 2 saturated carbocycles. The molecule has 1 aliphatic heterocycles. The van der Waals surface area contributed by atoms with Crippen molar-refractivity contribution < 1.29 is 14.3 Å². The van der Waals surface area contributed by atoms with Crippen molar-refractivity contribution in [2.24, 2.45) is 17.8 Å². The van der Waals surface area contributed by atoms with Crippen LogP contribution in [0.4, 0.5) is 4.79 Å². The van der Waals surface area contributed by atoms with Gasteiger partial charge in [0.25, 0.3) is 0 Å². The highest BCUT2D eigenvalue weighted by atomic mass is 16.6. The van der Waals surface area contributed by atoms with Crippen molar-refractivity contribution >= 4 is 11.9 Å². The summed E-state index contributed by atoms with van der Waals surface area (Å²) in [6.45, 7) is 9.94. The first-order chi connectivity index (χ1) is 10.2. The average molecular weight is 307 g/mol. The molecule has 0 N–H and O–H groups in total. The molecule has 1 heterocycles. The van der Waals surface area contributed by atoms with E-state index in [2.05, 4.69) is 13.8 Å². The smallest absolute Gasteiger partial charge is 0.411 e. The molecule has 4 heteroatoms. The summed E-state index contributed by atoms with van der Waals surface area (Å²) < 4.78 is 5.72. The standard InChI is InChI=1S/C18H29NO3/c1-11(2)14-10-15(20)13-9-12-7-6-8-18(12,13)19(14)16(21)22-17(3,4)5/h11-14H,6-10H2,1-5H3/t12?,13-,14+,18-/m0/s1. The Kier molecular flexibility index (Phi) is 3.57. The number of likely N-dealkylation sites (tertiary alicyclic amines) is 1. The number of nitrogens with zero attached hydrogens (tertiary/aromatic N) is 1. The summed E-state index contributed by atoms with van der Waals surface area (Å²) in [5.41, 5.74) is -0.726. The van der Waals surface area contributed by atoms with Crippen LogP contribution in [0.15, 0.2) is 0 Å². The van der Waals surface area contributed by atoms with Gasteiger partial charge in [0.1, 0.15) is 11.4 Å². The van der Waals surface area contributed by atoms with Gasteiger partial charge < -0.3 is 4.74 Å². The number of amides is 1. The van der Waals surface area contributed by atoms with E-state index in [-0.39, 0.29) is 29.5 Å². The summed E-state index contributed by atoms with van der Waals surface area (Å²) in [6, 6.07) is -0.0144. The number of carbonyl (C=O) groups excluding carboxylic acids is 2. The van der Waals surface area contributed by atoms with Gasteiger partial charge in [-0.3, -0.25) is 9.69 Å². The van der Waals surface area contributed by atoms with Crippen molar-refractivity contribution in [3.05, 3.63) is 0 Å². The number of carbonyl (C=O) groups is 2. The van der Waals surface area contributed by atoms with Gasteiger partial charge in [-0.25, -0.2) is 4.79 Å². The van der Waals surface area contributed by atoms with Crippen molar-refractivity contribution in [2.75, 3.05) is 0 Å². The van der Waals surface area contributed by atoms with Crippen molar-refractivity contribution in [1.29, 1.82) is 0 Å². The van der Waals surface area contributed by atoms with E-state index in [0.717, 1.165) is 25.7 Å². The third kappa shape index (κ3) is 2.17. The number of ketones is 1. The number of piperidine rings is 1. The first kappa shape index (κ1) is 15.8. The molecule has 2 aliphatic carbocycles. The third-order valence-corrected chi connectivity index (χ3v) is 5.90. The zero-order valence-corrected chi connectivity index (χ0v) is 14.5. The van der Waals surface area contributed by atoms with E-state index in [1.807, 2.05) is 25.7 Å². The maximum atomic E-state index is 13.0. The lowest BCUT2D eigenvalue weighted by Gasteiger charge is -2.63. The molecule has 1 spiro atoms. The van der Waals surface area contributed by atoms with Crippen LogP contribution < -0.4 is 0 Å². The molecule has 4 nitrogen and oxygen atoms in total. The molecule has 22 heavy (non-hydrogen) atoms. The molecule has 0 radical (unpaired) electrons. The van der Waals surface area contributed by atoms with Crippen molar-refractivity contribution in [3.63, 3.8) is 0 Å². The normalized spacial score (nSPS) is 37.6. The Morgan fingerprint density at radius 1 is 1.36 bits per heavy atom.